The molecule has 2 heterocycles. The summed E-state index contributed by atoms with van der Waals surface area (Å²) in [7, 11) is 0. The number of amides is 11. The van der Waals surface area contributed by atoms with Crippen LogP contribution in [0.1, 0.15) is 63.0 Å². The highest BCUT2D eigenvalue weighted by Gasteiger charge is 2.41. The van der Waals surface area contributed by atoms with E-state index in [1.54, 1.807) is 60.8 Å². The van der Waals surface area contributed by atoms with Crippen molar-refractivity contribution >= 4 is 81.9 Å². The first-order valence-electron chi connectivity index (χ1n) is 24.7. The number of fused-ring (bicyclic) bond motifs is 1. The van der Waals surface area contributed by atoms with Crippen LogP contribution in [0.15, 0.2) is 60.8 Å². The minimum Gasteiger partial charge on any atom is -0.480 e. The van der Waals surface area contributed by atoms with E-state index in [4.69, 9.17) is 22.9 Å². The van der Waals surface area contributed by atoms with Crippen molar-refractivity contribution in [2.24, 2.45) is 22.9 Å². The van der Waals surface area contributed by atoms with E-state index >= 15 is 0 Å². The van der Waals surface area contributed by atoms with E-state index in [1.807, 2.05) is 0 Å². The normalized spacial score (nSPS) is 16.5. The summed E-state index contributed by atoms with van der Waals surface area (Å²) < 4.78 is 0. The molecule has 3 aromatic rings. The lowest BCUT2D eigenvalue weighted by Gasteiger charge is -2.30. The SMILES string of the molecule is C[C@@H](O)[C@H](NC(=O)[C@H](Cc1ccccc1)NC(=O)[C@@H]1CCCN1C(=O)[C@H](CC(N)=O)NC(=O)[C@H](CO)NC(=O)[C@H](CO)NC(=O)[C@H](Cc1c[nH]c2ccccc12)NC(=O)[C@H](CCC(N)=O)NC(=O)[C@@H](N)CCC(N)=O)C(=O)O. The smallest absolute Gasteiger partial charge is 0.328 e. The van der Waals surface area contributed by atoms with Crippen LogP contribution in [0, 0.1) is 0 Å². The number of rotatable bonds is 31. The van der Waals surface area contributed by atoms with Crippen LogP contribution in [-0.4, -0.2) is 181 Å². The number of aliphatic hydroxyl groups excluding tert-OH is 3. The number of aliphatic carboxylic acids is 1. The van der Waals surface area contributed by atoms with Crippen molar-refractivity contribution in [3.8, 4) is 0 Å². The van der Waals surface area contributed by atoms with Gasteiger partial charge in [0.05, 0.1) is 31.8 Å². The number of para-hydroxylation sites is 1. The van der Waals surface area contributed by atoms with E-state index in [-0.39, 0.29) is 51.5 Å². The molecule has 1 saturated heterocycles. The maximum absolute atomic E-state index is 14.1. The fourth-order valence-electron chi connectivity index (χ4n) is 8.34. The number of nitrogens with one attached hydrogen (secondary N) is 8. The van der Waals surface area contributed by atoms with E-state index in [1.165, 1.54) is 0 Å². The van der Waals surface area contributed by atoms with Crippen LogP contribution in [0.25, 0.3) is 10.9 Å². The molecule has 11 amide bonds. The lowest BCUT2D eigenvalue weighted by Crippen LogP contribution is -2.62. The lowest BCUT2D eigenvalue weighted by atomic mass is 10.0. The number of benzene rings is 2. The molecule has 1 fully saturated rings. The number of H-pyrrole nitrogens is 1. The first-order chi connectivity index (χ1) is 36.9. The largest absolute Gasteiger partial charge is 0.480 e. The molecule has 0 spiro atoms. The average Bonchev–Trinajstić information content (AvgIpc) is 4.08. The Labute approximate surface area is 445 Å². The van der Waals surface area contributed by atoms with Crippen molar-refractivity contribution in [3.63, 3.8) is 0 Å². The van der Waals surface area contributed by atoms with Crippen LogP contribution in [0.2, 0.25) is 0 Å². The molecule has 0 bridgehead atoms. The molecule has 1 aliphatic rings. The number of hydrogen-bond acceptors (Lipinski definition) is 16. The van der Waals surface area contributed by atoms with Gasteiger partial charge in [-0.1, -0.05) is 48.5 Å². The summed E-state index contributed by atoms with van der Waals surface area (Å²) in [5.74, 6) is -12.7. The van der Waals surface area contributed by atoms with Crippen molar-refractivity contribution in [3.05, 3.63) is 71.9 Å². The van der Waals surface area contributed by atoms with Gasteiger partial charge in [0.2, 0.25) is 65.0 Å². The highest BCUT2D eigenvalue weighted by atomic mass is 16.4. The fourth-order valence-corrected chi connectivity index (χ4v) is 8.34. The van der Waals surface area contributed by atoms with Crippen LogP contribution in [0.5, 0.6) is 0 Å². The first kappa shape index (κ1) is 62.0. The molecule has 0 unspecified atom stereocenters. The Morgan fingerprint density at radius 1 is 0.628 bits per heavy atom. The Morgan fingerprint density at radius 2 is 1.14 bits per heavy atom. The highest BCUT2D eigenvalue weighted by Crippen LogP contribution is 2.22. The molecule has 1 aromatic heterocycles. The van der Waals surface area contributed by atoms with Gasteiger partial charge in [0.1, 0.15) is 42.3 Å². The van der Waals surface area contributed by atoms with Crippen LogP contribution in [0.3, 0.4) is 0 Å². The highest BCUT2D eigenvalue weighted by molar-refractivity contribution is 6.00. The van der Waals surface area contributed by atoms with E-state index < -0.39 is 157 Å². The molecule has 29 nitrogen and oxygen atoms in total. The molecule has 78 heavy (non-hydrogen) atoms. The number of nitrogens with two attached hydrogens (primary N) is 4. The van der Waals surface area contributed by atoms with Crippen LogP contribution < -0.4 is 60.2 Å². The first-order valence-corrected chi connectivity index (χ1v) is 24.7. The van der Waals surface area contributed by atoms with Gasteiger partial charge in [0.25, 0.3) is 0 Å². The van der Waals surface area contributed by atoms with Gasteiger partial charge < -0.3 is 90.5 Å². The molecule has 10 atom stereocenters. The molecule has 4 rings (SSSR count). The van der Waals surface area contributed by atoms with Gasteiger partial charge in [0.15, 0.2) is 6.04 Å². The summed E-state index contributed by atoms with van der Waals surface area (Å²) in [5, 5.41) is 57.1. The number of nitrogens with zero attached hydrogens (tertiary/aromatic N) is 1. The molecule has 424 valence electrons. The topological polar surface area (TPSA) is 493 Å². The minimum absolute atomic E-state index is 0.0245. The van der Waals surface area contributed by atoms with Gasteiger partial charge in [0, 0.05) is 49.3 Å². The zero-order valence-electron chi connectivity index (χ0n) is 42.5. The number of carbonyl (C=O) groups is 12. The number of aliphatic hydroxyl groups is 3. The van der Waals surface area contributed by atoms with Crippen molar-refractivity contribution in [1.29, 1.82) is 0 Å². The van der Waals surface area contributed by atoms with E-state index in [0.717, 1.165) is 11.8 Å². The second-order valence-electron chi connectivity index (χ2n) is 18.5. The summed E-state index contributed by atoms with van der Waals surface area (Å²) >= 11 is 0. The zero-order chi connectivity index (χ0) is 57.8. The molecule has 1 aliphatic heterocycles. The molecule has 0 radical (unpaired) electrons. The Morgan fingerprint density at radius 3 is 1.72 bits per heavy atom. The predicted octanol–water partition coefficient (Wildman–Crippen LogP) is -6.48. The zero-order valence-corrected chi connectivity index (χ0v) is 42.5. The van der Waals surface area contributed by atoms with Gasteiger partial charge in [-0.25, -0.2) is 4.79 Å². The second-order valence-corrected chi connectivity index (χ2v) is 18.5. The van der Waals surface area contributed by atoms with Crippen molar-refractivity contribution < 1.29 is 78.0 Å². The average molecular weight is 1090 g/mol. The second kappa shape index (κ2) is 29.7. The van der Waals surface area contributed by atoms with Crippen molar-refractivity contribution in [1.82, 2.24) is 47.1 Å². The lowest BCUT2D eigenvalue weighted by molar-refractivity contribution is -0.145. The van der Waals surface area contributed by atoms with E-state index in [0.29, 0.717) is 22.0 Å². The molecule has 0 saturated carbocycles. The molecule has 29 heteroatoms. The molecule has 2 aromatic carbocycles. The summed E-state index contributed by atoms with van der Waals surface area (Å²) in [6, 6.07) is 0.575. The number of aromatic amines is 1. The molecular formula is C49H67N13O16. The van der Waals surface area contributed by atoms with Crippen molar-refractivity contribution in [2.45, 2.75) is 125 Å². The number of aromatic nitrogens is 1. The number of primary amides is 3. The molecule has 20 N–H and O–H groups in total. The van der Waals surface area contributed by atoms with Gasteiger partial charge in [-0.15, -0.1) is 0 Å². The Kier molecular flexibility index (Phi) is 23.6. The van der Waals surface area contributed by atoms with Crippen LogP contribution in [0.4, 0.5) is 0 Å². The van der Waals surface area contributed by atoms with E-state index in [2.05, 4.69) is 42.2 Å². The monoisotopic (exact) mass is 1090 g/mol. The third-order valence-electron chi connectivity index (χ3n) is 12.5. The predicted molar refractivity (Wildman–Crippen MR) is 273 cm³/mol. The van der Waals surface area contributed by atoms with Crippen molar-refractivity contribution in [2.75, 3.05) is 19.8 Å². The van der Waals surface area contributed by atoms with Gasteiger partial charge in [-0.3, -0.25) is 52.7 Å². The molecule has 0 aliphatic carbocycles. The number of carboxylic acids is 1. The summed E-state index contributed by atoms with van der Waals surface area (Å²) in [6.07, 6.45) is -2.29. The van der Waals surface area contributed by atoms with Gasteiger partial charge in [-0.05, 0) is 49.8 Å². The molecular weight excluding hydrogens is 1030 g/mol. The van der Waals surface area contributed by atoms with E-state index in [9.17, 15) is 78.0 Å². The third-order valence-corrected chi connectivity index (χ3v) is 12.5. The fraction of sp³-hybridized carbons (Fsp3) is 0.469. The standard InChI is InChI=1S/C49H67N13O16/c1-24(65)40(49(77)78)61-44(72)31(18-25-8-3-2-4-9-25)57-47(75)36-12-7-17-62(36)48(76)33(20-39(53)68)58-45(73)34(22-63)60-46(74)35(23-64)59-43(71)32(19-26-21-54-29-11-6-5-10-27(26)29)56-42(70)30(14-16-38(52)67)55-41(69)28(50)13-15-37(51)66/h2-6,8-11,21,24,28,30-36,40,54,63-65H,7,12-20,22-23,50H2,1H3,(H2,51,66)(H2,52,67)(H2,53,68)(H,55,69)(H,56,70)(H,57,75)(H,58,73)(H,59,71)(H,60,74)(H,61,72)(H,77,78)/t24-,28+,30+,31+,32+,33+,34+,35+,36+,40+/m1/s1. The number of carbonyl (C=O) groups excluding carboxylic acids is 11. The Balaban J connectivity index is 1.52. The number of carboxylic acid groups (broad SMARTS) is 1. The summed E-state index contributed by atoms with van der Waals surface area (Å²) in [4.78, 5) is 161. The maximum Gasteiger partial charge on any atom is 0.328 e. The maximum atomic E-state index is 14.1. The third kappa shape index (κ3) is 18.3. The van der Waals surface area contributed by atoms with Crippen LogP contribution in [-0.2, 0) is 70.4 Å². The quantitative estimate of drug-likeness (QED) is 0.0285. The van der Waals surface area contributed by atoms with Gasteiger partial charge >= 0.3 is 5.97 Å². The van der Waals surface area contributed by atoms with Gasteiger partial charge in [-0.2, -0.15) is 0 Å². The number of likely N-dealkylation sites (tertiary alicyclic amines) is 1. The summed E-state index contributed by atoms with van der Waals surface area (Å²) in [6.45, 7) is -1.26. The van der Waals surface area contributed by atoms with Crippen LogP contribution >= 0.6 is 0 Å². The summed E-state index contributed by atoms with van der Waals surface area (Å²) in [5.41, 5.74) is 23.5. The Bertz CT molecular complexity index is 2670. The number of hydrogen-bond donors (Lipinski definition) is 16. The Hall–Kier alpha value is -8.54. The minimum atomic E-state index is -1.94.